The zero-order valence-electron chi connectivity index (χ0n) is 16.7. The number of hydrogen-bond acceptors (Lipinski definition) is 6. The van der Waals surface area contributed by atoms with Gasteiger partial charge in [-0.15, -0.1) is 10.2 Å². The number of halogens is 2. The van der Waals surface area contributed by atoms with E-state index in [4.69, 9.17) is 16.3 Å². The van der Waals surface area contributed by atoms with Gasteiger partial charge in [-0.3, -0.25) is 9.59 Å². The van der Waals surface area contributed by atoms with Crippen LogP contribution in [-0.4, -0.2) is 39.4 Å². The highest BCUT2D eigenvalue weighted by molar-refractivity contribution is 9.10. The molecule has 0 spiro atoms. The first-order chi connectivity index (χ1) is 14.9. The number of aromatic nitrogens is 3. The van der Waals surface area contributed by atoms with Gasteiger partial charge in [0.05, 0.1) is 24.3 Å². The molecule has 0 aliphatic carbocycles. The van der Waals surface area contributed by atoms with Crippen molar-refractivity contribution in [2.45, 2.75) is 11.6 Å². The van der Waals surface area contributed by atoms with Gasteiger partial charge < -0.3 is 19.9 Å². The van der Waals surface area contributed by atoms with Crippen molar-refractivity contribution in [1.82, 2.24) is 14.8 Å². The van der Waals surface area contributed by atoms with Crippen LogP contribution in [0.25, 0.3) is 0 Å². The number of carbonyl (C=O) groups excluding carboxylic acids is 2. The molecule has 0 aliphatic heterocycles. The van der Waals surface area contributed by atoms with Gasteiger partial charge in [0.15, 0.2) is 5.16 Å². The molecule has 8 nitrogen and oxygen atoms in total. The number of carbonyl (C=O) groups is 2. The normalized spacial score (nSPS) is 10.6. The van der Waals surface area contributed by atoms with E-state index in [2.05, 4.69) is 36.8 Å². The van der Waals surface area contributed by atoms with Crippen molar-refractivity contribution in [2.24, 2.45) is 7.05 Å². The van der Waals surface area contributed by atoms with Gasteiger partial charge in [-0.1, -0.05) is 23.4 Å². The first kappa shape index (κ1) is 23.1. The van der Waals surface area contributed by atoms with E-state index in [1.807, 2.05) is 0 Å². The molecule has 2 amide bonds. The summed E-state index contributed by atoms with van der Waals surface area (Å²) in [7, 11) is 3.34. The van der Waals surface area contributed by atoms with E-state index in [1.165, 1.54) is 11.8 Å². The van der Waals surface area contributed by atoms with Gasteiger partial charge in [0.1, 0.15) is 11.6 Å². The smallest absolute Gasteiger partial charge is 0.234 e. The first-order valence-electron chi connectivity index (χ1n) is 9.05. The summed E-state index contributed by atoms with van der Waals surface area (Å²) < 4.78 is 7.55. The Labute approximate surface area is 196 Å². The van der Waals surface area contributed by atoms with Crippen LogP contribution in [0.5, 0.6) is 5.75 Å². The Hall–Kier alpha value is -2.56. The van der Waals surface area contributed by atoms with Crippen LogP contribution >= 0.6 is 39.3 Å². The topological polar surface area (TPSA) is 98.1 Å². The minimum Gasteiger partial charge on any atom is -0.497 e. The van der Waals surface area contributed by atoms with Crippen molar-refractivity contribution in [2.75, 3.05) is 23.5 Å². The Bertz CT molecular complexity index is 1090. The lowest BCUT2D eigenvalue weighted by atomic mass is 10.3. The molecule has 2 aromatic carbocycles. The molecule has 1 aromatic heterocycles. The maximum atomic E-state index is 12.3. The minimum atomic E-state index is -0.220. The molecule has 3 aromatic rings. The lowest BCUT2D eigenvalue weighted by molar-refractivity contribution is -0.116. The van der Waals surface area contributed by atoms with Crippen LogP contribution in [0.15, 0.2) is 52.1 Å². The number of methoxy groups -OCH3 is 1. The van der Waals surface area contributed by atoms with Gasteiger partial charge in [-0.05, 0) is 58.4 Å². The minimum absolute atomic E-state index is 0.0552. The summed E-state index contributed by atoms with van der Waals surface area (Å²) in [6.07, 6.45) is 0.0552. The maximum absolute atomic E-state index is 12.3. The summed E-state index contributed by atoms with van der Waals surface area (Å²) in [6, 6.07) is 12.2. The quantitative estimate of drug-likeness (QED) is 0.430. The fourth-order valence-electron chi connectivity index (χ4n) is 2.55. The second-order valence-corrected chi connectivity index (χ2v) is 8.58. The van der Waals surface area contributed by atoms with Crippen molar-refractivity contribution in [3.05, 3.63) is 57.8 Å². The van der Waals surface area contributed by atoms with E-state index in [0.29, 0.717) is 33.1 Å². The molecule has 2 N–H and O–H groups in total. The third-order valence-corrected chi connectivity index (χ3v) is 6.41. The summed E-state index contributed by atoms with van der Waals surface area (Å²) in [5, 5.41) is 14.8. The number of amides is 2. The third kappa shape index (κ3) is 6.46. The van der Waals surface area contributed by atoms with E-state index in [9.17, 15) is 9.59 Å². The molecule has 0 aliphatic rings. The van der Waals surface area contributed by atoms with Gasteiger partial charge in [-0.25, -0.2) is 0 Å². The number of anilines is 2. The molecular formula is C20H19BrClN5O3S. The van der Waals surface area contributed by atoms with Crippen molar-refractivity contribution >= 4 is 62.5 Å². The number of hydrogen-bond donors (Lipinski definition) is 2. The number of nitrogens with one attached hydrogen (secondary N) is 2. The second-order valence-electron chi connectivity index (χ2n) is 6.38. The number of thioether (sulfide) groups is 1. The average Bonchev–Trinajstić information content (AvgIpc) is 3.09. The highest BCUT2D eigenvalue weighted by Gasteiger charge is 2.15. The molecule has 0 atom stereocenters. The van der Waals surface area contributed by atoms with Gasteiger partial charge in [-0.2, -0.15) is 0 Å². The largest absolute Gasteiger partial charge is 0.497 e. The molecule has 0 saturated carbocycles. The van der Waals surface area contributed by atoms with Gasteiger partial charge in [0.2, 0.25) is 11.8 Å². The predicted molar refractivity (Wildman–Crippen MR) is 125 cm³/mol. The van der Waals surface area contributed by atoms with Crippen LogP contribution in [0.4, 0.5) is 11.4 Å². The molecular weight excluding hydrogens is 506 g/mol. The van der Waals surface area contributed by atoms with Crippen LogP contribution in [0.3, 0.4) is 0 Å². The summed E-state index contributed by atoms with van der Waals surface area (Å²) in [6.45, 7) is 0. The van der Waals surface area contributed by atoms with Crippen molar-refractivity contribution in [1.29, 1.82) is 0 Å². The van der Waals surface area contributed by atoms with Crippen molar-refractivity contribution < 1.29 is 14.3 Å². The van der Waals surface area contributed by atoms with E-state index in [-0.39, 0.29) is 24.0 Å². The summed E-state index contributed by atoms with van der Waals surface area (Å²) in [5.74, 6) is 0.915. The molecule has 0 fully saturated rings. The Morgan fingerprint density at radius 1 is 1.10 bits per heavy atom. The number of nitrogens with zero attached hydrogens (tertiary/aromatic N) is 3. The lowest BCUT2D eigenvalue weighted by Gasteiger charge is -2.07. The number of ether oxygens (including phenoxy) is 1. The summed E-state index contributed by atoms with van der Waals surface area (Å²) in [5.41, 5.74) is 1.26. The van der Waals surface area contributed by atoms with Crippen LogP contribution in [0, 0.1) is 0 Å². The van der Waals surface area contributed by atoms with Crippen LogP contribution in [0.1, 0.15) is 5.82 Å². The third-order valence-electron chi connectivity index (χ3n) is 4.15. The average molecular weight is 525 g/mol. The molecule has 0 bridgehead atoms. The Kier molecular flexibility index (Phi) is 7.94. The Morgan fingerprint density at radius 3 is 2.45 bits per heavy atom. The SMILES string of the molecule is COc1ccc(NC(=O)Cc2nnc(SCC(=O)Nc3ccc(Br)c(Cl)c3)n2C)cc1. The zero-order valence-corrected chi connectivity index (χ0v) is 19.8. The van der Waals surface area contributed by atoms with E-state index < -0.39 is 0 Å². The van der Waals surface area contributed by atoms with Gasteiger partial charge >= 0.3 is 0 Å². The maximum Gasteiger partial charge on any atom is 0.234 e. The standard InChI is InChI=1S/C20H19BrClN5O3S/c1-27-17(10-18(28)23-12-3-6-14(30-2)7-4-12)25-26-20(27)31-11-19(29)24-13-5-8-15(21)16(22)9-13/h3-9H,10-11H2,1-2H3,(H,23,28)(H,24,29). The van der Waals surface area contributed by atoms with Crippen LogP contribution in [-0.2, 0) is 23.1 Å². The van der Waals surface area contributed by atoms with Crippen molar-refractivity contribution in [3.63, 3.8) is 0 Å². The fourth-order valence-corrected chi connectivity index (χ4v) is 3.71. The second kappa shape index (κ2) is 10.7. The predicted octanol–water partition coefficient (Wildman–Crippen LogP) is 4.15. The summed E-state index contributed by atoms with van der Waals surface area (Å²) in [4.78, 5) is 24.5. The van der Waals surface area contributed by atoms with Crippen LogP contribution in [0.2, 0.25) is 5.02 Å². The Balaban J connectivity index is 1.52. The lowest BCUT2D eigenvalue weighted by Crippen LogP contribution is -2.17. The first-order valence-corrected chi connectivity index (χ1v) is 11.2. The monoisotopic (exact) mass is 523 g/mol. The Morgan fingerprint density at radius 2 is 1.77 bits per heavy atom. The number of benzene rings is 2. The van der Waals surface area contributed by atoms with E-state index in [1.54, 1.807) is 61.2 Å². The van der Waals surface area contributed by atoms with Gasteiger partial charge in [0.25, 0.3) is 0 Å². The molecule has 162 valence electrons. The van der Waals surface area contributed by atoms with Gasteiger partial charge in [0, 0.05) is 22.9 Å². The van der Waals surface area contributed by atoms with E-state index in [0.717, 1.165) is 4.47 Å². The molecule has 3 rings (SSSR count). The molecule has 1 heterocycles. The highest BCUT2D eigenvalue weighted by Crippen LogP contribution is 2.26. The molecule has 31 heavy (non-hydrogen) atoms. The molecule has 0 unspecified atom stereocenters. The number of rotatable bonds is 8. The van der Waals surface area contributed by atoms with Crippen molar-refractivity contribution in [3.8, 4) is 5.75 Å². The van der Waals surface area contributed by atoms with Crippen LogP contribution < -0.4 is 15.4 Å². The van der Waals surface area contributed by atoms with E-state index >= 15 is 0 Å². The molecule has 11 heteroatoms. The molecule has 0 saturated heterocycles. The fraction of sp³-hybridized carbons (Fsp3) is 0.200. The molecule has 0 radical (unpaired) electrons. The highest BCUT2D eigenvalue weighted by atomic mass is 79.9. The summed E-state index contributed by atoms with van der Waals surface area (Å²) >= 11 is 10.6. The zero-order chi connectivity index (χ0) is 22.4.